The van der Waals surface area contributed by atoms with Crippen molar-refractivity contribution in [2.24, 2.45) is 17.3 Å². The van der Waals surface area contributed by atoms with Gasteiger partial charge in [-0.25, -0.2) is 0 Å². The summed E-state index contributed by atoms with van der Waals surface area (Å²) in [4.78, 5) is 19.4. The maximum atomic E-state index is 13.0. The van der Waals surface area contributed by atoms with Crippen molar-refractivity contribution >= 4 is 5.91 Å². The molecule has 132 valence electrons. The van der Waals surface area contributed by atoms with Crippen molar-refractivity contribution in [3.05, 3.63) is 30.1 Å². The summed E-state index contributed by atoms with van der Waals surface area (Å²) >= 11 is 0. The first kappa shape index (κ1) is 17.4. The third-order valence-corrected chi connectivity index (χ3v) is 5.57. The normalized spacial score (nSPS) is 30.1. The highest BCUT2D eigenvalue weighted by atomic mass is 16.2. The van der Waals surface area contributed by atoms with E-state index in [4.69, 9.17) is 0 Å². The Morgan fingerprint density at radius 1 is 1.42 bits per heavy atom. The molecular weight excluding hydrogens is 298 g/mol. The van der Waals surface area contributed by atoms with Crippen LogP contribution in [0.3, 0.4) is 0 Å². The molecule has 2 aliphatic rings. The first-order chi connectivity index (χ1) is 11.4. The molecule has 1 N–H and O–H groups in total. The van der Waals surface area contributed by atoms with E-state index in [1.165, 1.54) is 19.3 Å². The highest BCUT2D eigenvalue weighted by Crippen LogP contribution is 2.43. The lowest BCUT2D eigenvalue weighted by atomic mass is 9.67. The van der Waals surface area contributed by atoms with Crippen molar-refractivity contribution in [2.75, 3.05) is 19.6 Å². The van der Waals surface area contributed by atoms with Crippen LogP contribution in [0.1, 0.15) is 58.1 Å². The zero-order chi connectivity index (χ0) is 17.2. The van der Waals surface area contributed by atoms with Gasteiger partial charge in [0.15, 0.2) is 0 Å². The van der Waals surface area contributed by atoms with Crippen LogP contribution in [-0.2, 0) is 4.79 Å². The van der Waals surface area contributed by atoms with Gasteiger partial charge in [0.2, 0.25) is 5.91 Å². The summed E-state index contributed by atoms with van der Waals surface area (Å²) in [5.74, 6) is 1.57. The van der Waals surface area contributed by atoms with Crippen molar-refractivity contribution in [3.63, 3.8) is 0 Å². The maximum absolute atomic E-state index is 13.0. The molecular formula is C20H31N3O. The molecule has 1 amide bonds. The second-order valence-electron chi connectivity index (χ2n) is 8.58. The molecule has 4 heteroatoms. The minimum Gasteiger partial charge on any atom is -0.333 e. The number of piperazine rings is 1. The van der Waals surface area contributed by atoms with Crippen molar-refractivity contribution < 1.29 is 4.79 Å². The lowest BCUT2D eigenvalue weighted by Gasteiger charge is -2.41. The van der Waals surface area contributed by atoms with Crippen molar-refractivity contribution in [3.8, 4) is 0 Å². The Hall–Kier alpha value is -1.42. The minimum absolute atomic E-state index is 0.119. The number of pyridine rings is 1. The molecule has 0 bridgehead atoms. The van der Waals surface area contributed by atoms with E-state index in [1.807, 2.05) is 12.3 Å². The molecule has 3 atom stereocenters. The van der Waals surface area contributed by atoms with Gasteiger partial charge in [0.1, 0.15) is 0 Å². The molecule has 0 spiro atoms. The number of carbonyl (C=O) groups is 1. The highest BCUT2D eigenvalue weighted by molar-refractivity contribution is 5.77. The fraction of sp³-hybridized carbons (Fsp3) is 0.700. The molecule has 0 aromatic carbocycles. The molecule has 1 aliphatic heterocycles. The number of nitrogens with one attached hydrogen (secondary N) is 1. The van der Waals surface area contributed by atoms with E-state index in [2.05, 4.69) is 42.0 Å². The fourth-order valence-electron chi connectivity index (χ4n) is 4.94. The number of rotatable bonds is 3. The van der Waals surface area contributed by atoms with Crippen LogP contribution in [0.25, 0.3) is 0 Å². The second-order valence-corrected chi connectivity index (χ2v) is 8.58. The van der Waals surface area contributed by atoms with Crippen LogP contribution in [0.15, 0.2) is 24.5 Å². The smallest absolute Gasteiger partial charge is 0.223 e. The van der Waals surface area contributed by atoms with Gasteiger partial charge in [-0.15, -0.1) is 0 Å². The standard InChI is InChI=1S/C20H31N3O/c1-15-9-16(12-20(2,3)11-15)10-19(24)23-8-7-22-14-18(23)17-5-4-6-21-13-17/h4-6,13,15-16,18,22H,7-12,14H2,1-3H3. The van der Waals surface area contributed by atoms with Crippen LogP contribution < -0.4 is 5.32 Å². The van der Waals surface area contributed by atoms with E-state index in [1.54, 1.807) is 6.20 Å². The molecule has 4 nitrogen and oxygen atoms in total. The van der Waals surface area contributed by atoms with Gasteiger partial charge in [-0.05, 0) is 48.1 Å². The SMILES string of the molecule is CC1CC(CC(=O)N2CCNCC2c2cccnc2)CC(C)(C)C1. The predicted octanol–water partition coefficient (Wildman–Crippen LogP) is 3.41. The van der Waals surface area contributed by atoms with Gasteiger partial charge in [0.05, 0.1) is 6.04 Å². The van der Waals surface area contributed by atoms with Gasteiger partial charge in [-0.1, -0.05) is 26.8 Å². The van der Waals surface area contributed by atoms with Gasteiger partial charge in [0.25, 0.3) is 0 Å². The van der Waals surface area contributed by atoms with Crippen molar-refractivity contribution in [1.82, 2.24) is 15.2 Å². The molecule has 1 aromatic rings. The third kappa shape index (κ3) is 4.15. The molecule has 0 radical (unpaired) electrons. The van der Waals surface area contributed by atoms with E-state index in [9.17, 15) is 4.79 Å². The lowest BCUT2D eigenvalue weighted by Crippen LogP contribution is -2.49. The van der Waals surface area contributed by atoms with Crippen molar-refractivity contribution in [1.29, 1.82) is 0 Å². The first-order valence-electron chi connectivity index (χ1n) is 9.35. The van der Waals surface area contributed by atoms with Gasteiger partial charge in [0, 0.05) is 38.4 Å². The summed E-state index contributed by atoms with van der Waals surface area (Å²) in [5, 5.41) is 3.42. The average molecular weight is 329 g/mol. The Labute approximate surface area is 146 Å². The van der Waals surface area contributed by atoms with Crippen LogP contribution in [0, 0.1) is 17.3 Å². The minimum atomic E-state index is 0.119. The zero-order valence-electron chi connectivity index (χ0n) is 15.3. The molecule has 3 rings (SSSR count). The van der Waals surface area contributed by atoms with Crippen molar-refractivity contribution in [2.45, 2.75) is 52.5 Å². The summed E-state index contributed by atoms with van der Waals surface area (Å²) < 4.78 is 0. The molecule has 1 saturated carbocycles. The lowest BCUT2D eigenvalue weighted by molar-refractivity contribution is -0.136. The van der Waals surface area contributed by atoms with Gasteiger partial charge < -0.3 is 10.2 Å². The summed E-state index contributed by atoms with van der Waals surface area (Å²) in [6.45, 7) is 9.54. The fourth-order valence-corrected chi connectivity index (χ4v) is 4.94. The maximum Gasteiger partial charge on any atom is 0.223 e. The van der Waals surface area contributed by atoms with E-state index < -0.39 is 0 Å². The molecule has 2 heterocycles. The topological polar surface area (TPSA) is 45.2 Å². The Morgan fingerprint density at radius 3 is 2.96 bits per heavy atom. The predicted molar refractivity (Wildman–Crippen MR) is 96.5 cm³/mol. The molecule has 24 heavy (non-hydrogen) atoms. The highest BCUT2D eigenvalue weighted by Gasteiger charge is 2.35. The largest absolute Gasteiger partial charge is 0.333 e. The number of hydrogen-bond acceptors (Lipinski definition) is 3. The van der Waals surface area contributed by atoms with Gasteiger partial charge in [-0.3, -0.25) is 9.78 Å². The van der Waals surface area contributed by atoms with Gasteiger partial charge >= 0.3 is 0 Å². The van der Waals surface area contributed by atoms with E-state index in [0.29, 0.717) is 23.7 Å². The number of hydrogen-bond donors (Lipinski definition) is 1. The monoisotopic (exact) mass is 329 g/mol. The summed E-state index contributed by atoms with van der Waals surface area (Å²) in [6, 6.07) is 4.16. The van der Waals surface area contributed by atoms with E-state index >= 15 is 0 Å². The van der Waals surface area contributed by atoms with E-state index in [-0.39, 0.29) is 6.04 Å². The van der Waals surface area contributed by atoms with Crippen LogP contribution in [-0.4, -0.2) is 35.4 Å². The Bertz CT molecular complexity index is 557. The van der Waals surface area contributed by atoms with Crippen LogP contribution in [0.5, 0.6) is 0 Å². The van der Waals surface area contributed by atoms with E-state index in [0.717, 1.165) is 31.1 Å². The molecule has 1 aromatic heterocycles. The Kier molecular flexibility index (Phi) is 5.24. The summed E-state index contributed by atoms with van der Waals surface area (Å²) in [7, 11) is 0. The average Bonchev–Trinajstić information content (AvgIpc) is 2.53. The Morgan fingerprint density at radius 2 is 2.25 bits per heavy atom. The zero-order valence-corrected chi connectivity index (χ0v) is 15.3. The number of amides is 1. The second kappa shape index (κ2) is 7.22. The number of aromatic nitrogens is 1. The quantitative estimate of drug-likeness (QED) is 0.924. The molecule has 1 aliphatic carbocycles. The molecule has 2 fully saturated rings. The van der Waals surface area contributed by atoms with Gasteiger partial charge in [-0.2, -0.15) is 0 Å². The van der Waals surface area contributed by atoms with Crippen LogP contribution in [0.2, 0.25) is 0 Å². The third-order valence-electron chi connectivity index (χ3n) is 5.57. The summed E-state index contributed by atoms with van der Waals surface area (Å²) in [6.07, 6.45) is 8.03. The first-order valence-corrected chi connectivity index (χ1v) is 9.35. The van der Waals surface area contributed by atoms with Crippen LogP contribution in [0.4, 0.5) is 0 Å². The molecule has 1 saturated heterocycles. The number of carbonyl (C=O) groups excluding carboxylic acids is 1. The molecule has 3 unspecified atom stereocenters. The Balaban J connectivity index is 1.68. The van der Waals surface area contributed by atoms with Crippen LogP contribution >= 0.6 is 0 Å². The summed E-state index contributed by atoms with van der Waals surface area (Å²) in [5.41, 5.74) is 1.50. The number of nitrogens with zero attached hydrogens (tertiary/aromatic N) is 2.